The van der Waals surface area contributed by atoms with E-state index in [9.17, 15) is 9.59 Å². The Bertz CT molecular complexity index is 775. The van der Waals surface area contributed by atoms with Gasteiger partial charge in [-0.3, -0.25) is 9.59 Å². The van der Waals surface area contributed by atoms with Crippen LogP contribution in [0.1, 0.15) is 28.8 Å². The molecule has 124 valence electrons. The van der Waals surface area contributed by atoms with Crippen LogP contribution in [0.25, 0.3) is 0 Å². The van der Waals surface area contributed by atoms with Crippen molar-refractivity contribution in [2.45, 2.75) is 25.8 Å². The van der Waals surface area contributed by atoms with E-state index in [2.05, 4.69) is 5.32 Å². The fourth-order valence-corrected chi connectivity index (χ4v) is 3.22. The lowest BCUT2D eigenvalue weighted by Crippen LogP contribution is -2.43. The van der Waals surface area contributed by atoms with Crippen molar-refractivity contribution >= 4 is 29.1 Å². The van der Waals surface area contributed by atoms with Crippen LogP contribution in [0.15, 0.2) is 48.5 Å². The molecule has 1 aliphatic rings. The van der Waals surface area contributed by atoms with Gasteiger partial charge in [0.2, 0.25) is 5.91 Å². The molecule has 2 aromatic carbocycles. The van der Waals surface area contributed by atoms with E-state index in [0.29, 0.717) is 23.6 Å². The maximum Gasteiger partial charge on any atom is 0.256 e. The van der Waals surface area contributed by atoms with Gasteiger partial charge in [-0.25, -0.2) is 0 Å². The minimum atomic E-state index is -0.464. The van der Waals surface area contributed by atoms with Crippen LogP contribution in [0, 0.1) is 6.92 Å². The van der Waals surface area contributed by atoms with E-state index in [1.54, 1.807) is 29.2 Å². The summed E-state index contributed by atoms with van der Waals surface area (Å²) in [6, 6.07) is 14.1. The molecule has 2 amide bonds. The Balaban J connectivity index is 1.78. The molecule has 2 aromatic rings. The van der Waals surface area contributed by atoms with E-state index in [0.717, 1.165) is 17.7 Å². The average molecular weight is 343 g/mol. The van der Waals surface area contributed by atoms with E-state index >= 15 is 0 Å². The summed E-state index contributed by atoms with van der Waals surface area (Å²) in [5.74, 6) is -0.342. The third-order valence-electron chi connectivity index (χ3n) is 4.32. The fraction of sp³-hybridized carbons (Fsp3) is 0.263. The lowest BCUT2D eigenvalue weighted by atomic mass is 10.1. The Morgan fingerprint density at radius 1 is 1.12 bits per heavy atom. The van der Waals surface area contributed by atoms with E-state index in [1.807, 2.05) is 31.2 Å². The van der Waals surface area contributed by atoms with Gasteiger partial charge in [0.15, 0.2) is 0 Å². The van der Waals surface area contributed by atoms with Crippen molar-refractivity contribution in [2.75, 3.05) is 11.9 Å². The lowest BCUT2D eigenvalue weighted by Gasteiger charge is -2.24. The van der Waals surface area contributed by atoms with E-state index in [1.165, 1.54) is 0 Å². The number of halogens is 1. The standard InChI is InChI=1S/C19H19ClN2O2/c1-13-7-2-5-10-16(13)21-18(23)17-11-6-12-22(17)19(24)14-8-3-4-9-15(14)20/h2-5,7-10,17H,6,11-12H2,1H3,(H,21,23). The largest absolute Gasteiger partial charge is 0.327 e. The molecule has 0 aromatic heterocycles. The molecule has 24 heavy (non-hydrogen) atoms. The highest BCUT2D eigenvalue weighted by Crippen LogP contribution is 2.25. The van der Waals surface area contributed by atoms with Gasteiger partial charge in [0, 0.05) is 12.2 Å². The van der Waals surface area contributed by atoms with Crippen LogP contribution >= 0.6 is 11.6 Å². The highest BCUT2D eigenvalue weighted by atomic mass is 35.5. The number of nitrogens with zero attached hydrogens (tertiary/aromatic N) is 1. The van der Waals surface area contributed by atoms with Crippen molar-refractivity contribution in [3.05, 3.63) is 64.7 Å². The van der Waals surface area contributed by atoms with Gasteiger partial charge in [0.25, 0.3) is 5.91 Å². The summed E-state index contributed by atoms with van der Waals surface area (Å²) in [6.07, 6.45) is 1.47. The predicted molar refractivity (Wildman–Crippen MR) is 95.3 cm³/mol. The SMILES string of the molecule is Cc1ccccc1NC(=O)C1CCCN1C(=O)c1ccccc1Cl. The molecule has 1 unspecified atom stereocenters. The first-order valence-electron chi connectivity index (χ1n) is 8.00. The van der Waals surface area contributed by atoms with Crippen LogP contribution in [-0.4, -0.2) is 29.3 Å². The van der Waals surface area contributed by atoms with Gasteiger partial charge >= 0.3 is 0 Å². The molecule has 1 aliphatic heterocycles. The number of anilines is 1. The summed E-state index contributed by atoms with van der Waals surface area (Å²) < 4.78 is 0. The van der Waals surface area contributed by atoms with Crippen molar-refractivity contribution in [3.63, 3.8) is 0 Å². The highest BCUT2D eigenvalue weighted by molar-refractivity contribution is 6.33. The number of rotatable bonds is 3. The number of hydrogen-bond acceptors (Lipinski definition) is 2. The molecule has 3 rings (SSSR count). The Morgan fingerprint density at radius 2 is 1.83 bits per heavy atom. The first-order valence-corrected chi connectivity index (χ1v) is 8.37. The highest BCUT2D eigenvalue weighted by Gasteiger charge is 2.35. The Hall–Kier alpha value is -2.33. The Morgan fingerprint density at radius 3 is 2.58 bits per heavy atom. The van der Waals surface area contributed by atoms with Gasteiger partial charge < -0.3 is 10.2 Å². The number of carbonyl (C=O) groups excluding carboxylic acids is 2. The van der Waals surface area contributed by atoms with Gasteiger partial charge in [0.05, 0.1) is 10.6 Å². The van der Waals surface area contributed by atoms with Crippen LogP contribution in [0.3, 0.4) is 0 Å². The van der Waals surface area contributed by atoms with Crippen LogP contribution in [-0.2, 0) is 4.79 Å². The van der Waals surface area contributed by atoms with E-state index in [-0.39, 0.29) is 11.8 Å². The monoisotopic (exact) mass is 342 g/mol. The zero-order valence-electron chi connectivity index (χ0n) is 13.5. The number of amides is 2. The number of benzene rings is 2. The first kappa shape index (κ1) is 16.5. The maximum atomic E-state index is 12.8. The topological polar surface area (TPSA) is 49.4 Å². The van der Waals surface area contributed by atoms with Gasteiger partial charge in [-0.2, -0.15) is 0 Å². The smallest absolute Gasteiger partial charge is 0.256 e. The lowest BCUT2D eigenvalue weighted by molar-refractivity contribution is -0.119. The summed E-state index contributed by atoms with van der Waals surface area (Å²) in [7, 11) is 0. The summed E-state index contributed by atoms with van der Waals surface area (Å²) in [5, 5.41) is 3.35. The van der Waals surface area contributed by atoms with Crippen molar-refractivity contribution in [1.82, 2.24) is 4.90 Å². The number of likely N-dealkylation sites (tertiary alicyclic amines) is 1. The molecule has 4 nitrogen and oxygen atoms in total. The summed E-state index contributed by atoms with van der Waals surface area (Å²) in [5.41, 5.74) is 2.21. The number of para-hydroxylation sites is 1. The Kier molecular flexibility index (Phi) is 4.86. The van der Waals surface area contributed by atoms with Crippen molar-refractivity contribution < 1.29 is 9.59 Å². The molecular weight excluding hydrogens is 324 g/mol. The van der Waals surface area contributed by atoms with Crippen molar-refractivity contribution in [2.24, 2.45) is 0 Å². The molecule has 1 saturated heterocycles. The van der Waals surface area contributed by atoms with E-state index < -0.39 is 6.04 Å². The van der Waals surface area contributed by atoms with Crippen molar-refractivity contribution in [1.29, 1.82) is 0 Å². The zero-order valence-corrected chi connectivity index (χ0v) is 14.2. The van der Waals surface area contributed by atoms with Crippen molar-refractivity contribution in [3.8, 4) is 0 Å². The minimum absolute atomic E-state index is 0.151. The molecule has 0 radical (unpaired) electrons. The number of nitrogens with one attached hydrogen (secondary N) is 1. The van der Waals surface area contributed by atoms with E-state index in [4.69, 9.17) is 11.6 Å². The van der Waals surface area contributed by atoms with Crippen LogP contribution in [0.5, 0.6) is 0 Å². The molecule has 1 heterocycles. The number of hydrogen-bond donors (Lipinski definition) is 1. The summed E-state index contributed by atoms with van der Waals surface area (Å²) >= 11 is 6.13. The average Bonchev–Trinajstić information content (AvgIpc) is 3.06. The molecule has 0 aliphatic carbocycles. The van der Waals surface area contributed by atoms with Crippen LogP contribution in [0.2, 0.25) is 5.02 Å². The summed E-state index contributed by atoms with van der Waals surface area (Å²) in [6.45, 7) is 2.51. The molecule has 1 N–H and O–H groups in total. The molecule has 1 atom stereocenters. The predicted octanol–water partition coefficient (Wildman–Crippen LogP) is 3.89. The Labute approximate surface area is 146 Å². The number of carbonyl (C=O) groups is 2. The molecular formula is C19H19ClN2O2. The maximum absolute atomic E-state index is 12.8. The molecule has 0 spiro atoms. The van der Waals surface area contributed by atoms with Gasteiger partial charge in [-0.05, 0) is 43.5 Å². The van der Waals surface area contributed by atoms with Crippen LogP contribution in [0.4, 0.5) is 5.69 Å². The normalized spacial score (nSPS) is 16.9. The number of aryl methyl sites for hydroxylation is 1. The molecule has 5 heteroatoms. The second kappa shape index (κ2) is 7.05. The first-order chi connectivity index (χ1) is 11.6. The second-order valence-corrected chi connectivity index (χ2v) is 6.35. The molecule has 0 bridgehead atoms. The van der Waals surface area contributed by atoms with Crippen LogP contribution < -0.4 is 5.32 Å². The second-order valence-electron chi connectivity index (χ2n) is 5.94. The fourth-order valence-electron chi connectivity index (χ4n) is 3.00. The third kappa shape index (κ3) is 3.29. The molecule has 1 fully saturated rings. The minimum Gasteiger partial charge on any atom is -0.327 e. The quantitative estimate of drug-likeness (QED) is 0.919. The molecule has 0 saturated carbocycles. The zero-order chi connectivity index (χ0) is 17.1. The van der Waals surface area contributed by atoms with Gasteiger partial charge in [-0.15, -0.1) is 0 Å². The van der Waals surface area contributed by atoms with Gasteiger partial charge in [0.1, 0.15) is 6.04 Å². The summed E-state index contributed by atoms with van der Waals surface area (Å²) in [4.78, 5) is 27.0. The third-order valence-corrected chi connectivity index (χ3v) is 4.65. The van der Waals surface area contributed by atoms with Gasteiger partial charge in [-0.1, -0.05) is 41.9 Å².